The van der Waals surface area contributed by atoms with Crippen LogP contribution in [-0.4, -0.2) is 50.1 Å². The van der Waals surface area contributed by atoms with Gasteiger partial charge in [-0.05, 0) is 20.5 Å². The largest absolute Gasteiger partial charge is 0.347 e. The molecular weight excluding hydrogens is 180 g/mol. The summed E-state index contributed by atoms with van der Waals surface area (Å²) in [5, 5.41) is 0. The topological polar surface area (TPSA) is 47.7 Å². The van der Waals surface area contributed by atoms with Crippen LogP contribution in [0.1, 0.15) is 19.3 Å². The molecule has 2 N–H and O–H groups in total. The molecule has 0 aromatic carbocycles. The van der Waals surface area contributed by atoms with Crippen molar-refractivity contribution in [3.8, 4) is 0 Å². The highest BCUT2D eigenvalue weighted by Gasteiger charge is 2.44. The molecule has 2 fully saturated rings. The van der Waals surface area contributed by atoms with Gasteiger partial charge in [0.05, 0.1) is 13.2 Å². The summed E-state index contributed by atoms with van der Waals surface area (Å²) < 4.78 is 11.3. The quantitative estimate of drug-likeness (QED) is 0.655. The lowest BCUT2D eigenvalue weighted by molar-refractivity contribution is -0.186. The first kappa shape index (κ1) is 10.4. The molecule has 1 heterocycles. The van der Waals surface area contributed by atoms with Crippen LogP contribution in [0.2, 0.25) is 0 Å². The normalized spacial score (nSPS) is 36.9. The molecule has 0 unspecified atom stereocenters. The number of hydrogen-bond acceptors (Lipinski definition) is 4. The van der Waals surface area contributed by atoms with Gasteiger partial charge in [0, 0.05) is 24.9 Å². The second-order valence-corrected chi connectivity index (χ2v) is 4.55. The van der Waals surface area contributed by atoms with E-state index in [1.54, 1.807) is 0 Å². The van der Waals surface area contributed by atoms with Gasteiger partial charge in [0.25, 0.3) is 0 Å². The van der Waals surface area contributed by atoms with Gasteiger partial charge in [0.2, 0.25) is 0 Å². The van der Waals surface area contributed by atoms with E-state index in [0.717, 1.165) is 32.5 Å². The number of ether oxygens (including phenoxy) is 2. The standard InChI is InChI=1S/C10H20N2O2/c1-12(2)9-3-4-10(7-8(9)11)13-5-6-14-10/h8-9H,3-7,11H2,1-2H3/t8-,9-/m1/s1. The first-order chi connectivity index (χ1) is 6.63. The molecule has 2 aliphatic rings. The van der Waals surface area contributed by atoms with Gasteiger partial charge in [-0.15, -0.1) is 0 Å². The van der Waals surface area contributed by atoms with Crippen molar-refractivity contribution in [3.63, 3.8) is 0 Å². The molecule has 0 aromatic rings. The Labute approximate surface area is 85.3 Å². The summed E-state index contributed by atoms with van der Waals surface area (Å²) in [7, 11) is 4.16. The van der Waals surface area contributed by atoms with E-state index in [1.165, 1.54) is 0 Å². The molecule has 14 heavy (non-hydrogen) atoms. The predicted molar refractivity (Wildman–Crippen MR) is 53.9 cm³/mol. The summed E-state index contributed by atoms with van der Waals surface area (Å²) in [6, 6.07) is 0.630. The monoisotopic (exact) mass is 200 g/mol. The summed E-state index contributed by atoms with van der Waals surface area (Å²) in [6.07, 6.45) is 2.87. The van der Waals surface area contributed by atoms with E-state index in [0.29, 0.717) is 6.04 Å². The number of hydrogen-bond donors (Lipinski definition) is 1. The average molecular weight is 200 g/mol. The highest BCUT2D eigenvalue weighted by Crippen LogP contribution is 2.36. The number of rotatable bonds is 1. The molecule has 1 saturated heterocycles. The molecule has 0 amide bonds. The van der Waals surface area contributed by atoms with Gasteiger partial charge >= 0.3 is 0 Å². The van der Waals surface area contributed by atoms with Crippen molar-refractivity contribution in [2.75, 3.05) is 27.3 Å². The van der Waals surface area contributed by atoms with Crippen molar-refractivity contribution >= 4 is 0 Å². The first-order valence-corrected chi connectivity index (χ1v) is 5.33. The van der Waals surface area contributed by atoms with Crippen LogP contribution < -0.4 is 5.73 Å². The SMILES string of the molecule is CN(C)[C@@H]1CCC2(C[C@H]1N)OCCO2. The summed E-state index contributed by atoms with van der Waals surface area (Å²) in [5.41, 5.74) is 6.13. The Balaban J connectivity index is 1.98. The van der Waals surface area contributed by atoms with E-state index in [9.17, 15) is 0 Å². The highest BCUT2D eigenvalue weighted by atomic mass is 16.7. The van der Waals surface area contributed by atoms with E-state index < -0.39 is 0 Å². The number of likely N-dealkylation sites (N-methyl/N-ethyl adjacent to an activating group) is 1. The van der Waals surface area contributed by atoms with E-state index in [4.69, 9.17) is 15.2 Å². The van der Waals surface area contributed by atoms with Crippen LogP contribution in [-0.2, 0) is 9.47 Å². The average Bonchev–Trinajstić information content (AvgIpc) is 2.52. The van der Waals surface area contributed by atoms with Crippen molar-refractivity contribution < 1.29 is 9.47 Å². The summed E-state index contributed by atoms with van der Waals surface area (Å²) in [4.78, 5) is 2.20. The minimum Gasteiger partial charge on any atom is -0.347 e. The van der Waals surface area contributed by atoms with Crippen molar-refractivity contribution in [1.82, 2.24) is 4.90 Å². The molecule has 1 aliphatic carbocycles. The zero-order valence-corrected chi connectivity index (χ0v) is 9.03. The second-order valence-electron chi connectivity index (χ2n) is 4.55. The van der Waals surface area contributed by atoms with Crippen molar-refractivity contribution in [1.29, 1.82) is 0 Å². The first-order valence-electron chi connectivity index (χ1n) is 5.33. The zero-order chi connectivity index (χ0) is 10.2. The van der Waals surface area contributed by atoms with Gasteiger partial charge in [-0.25, -0.2) is 0 Å². The minimum atomic E-state index is -0.341. The Hall–Kier alpha value is -0.160. The Morgan fingerprint density at radius 2 is 1.93 bits per heavy atom. The molecule has 1 saturated carbocycles. The third kappa shape index (κ3) is 1.80. The summed E-state index contributed by atoms with van der Waals surface area (Å²) >= 11 is 0. The molecule has 2 atom stereocenters. The number of nitrogens with two attached hydrogens (primary N) is 1. The van der Waals surface area contributed by atoms with Crippen LogP contribution >= 0.6 is 0 Å². The van der Waals surface area contributed by atoms with Gasteiger partial charge in [-0.3, -0.25) is 0 Å². The predicted octanol–water partition coefficient (Wildman–Crippen LogP) is 0.171. The van der Waals surface area contributed by atoms with E-state index in [-0.39, 0.29) is 11.8 Å². The van der Waals surface area contributed by atoms with Crippen LogP contribution in [0.4, 0.5) is 0 Å². The number of nitrogens with zero attached hydrogens (tertiary/aromatic N) is 1. The van der Waals surface area contributed by atoms with Gasteiger partial charge in [-0.1, -0.05) is 0 Å². The fraction of sp³-hybridized carbons (Fsp3) is 1.00. The van der Waals surface area contributed by atoms with Crippen molar-refractivity contribution in [3.05, 3.63) is 0 Å². The zero-order valence-electron chi connectivity index (χ0n) is 9.03. The highest BCUT2D eigenvalue weighted by molar-refractivity contribution is 4.93. The smallest absolute Gasteiger partial charge is 0.170 e. The van der Waals surface area contributed by atoms with E-state index in [1.807, 2.05) is 0 Å². The maximum atomic E-state index is 6.13. The van der Waals surface area contributed by atoms with E-state index in [2.05, 4.69) is 19.0 Å². The lowest BCUT2D eigenvalue weighted by Gasteiger charge is -2.41. The van der Waals surface area contributed by atoms with E-state index >= 15 is 0 Å². The molecule has 4 heteroatoms. The maximum absolute atomic E-state index is 6.13. The van der Waals surface area contributed by atoms with Gasteiger partial charge in [-0.2, -0.15) is 0 Å². The van der Waals surface area contributed by atoms with Crippen LogP contribution in [0.15, 0.2) is 0 Å². The molecule has 2 rings (SSSR count). The lowest BCUT2D eigenvalue weighted by Crippen LogP contribution is -2.54. The third-order valence-electron chi connectivity index (χ3n) is 3.34. The van der Waals surface area contributed by atoms with Crippen molar-refractivity contribution in [2.24, 2.45) is 5.73 Å². The molecule has 1 spiro atoms. The fourth-order valence-electron chi connectivity index (χ4n) is 2.58. The lowest BCUT2D eigenvalue weighted by atomic mass is 9.85. The third-order valence-corrected chi connectivity index (χ3v) is 3.34. The molecule has 82 valence electrons. The second kappa shape index (κ2) is 3.77. The van der Waals surface area contributed by atoms with Gasteiger partial charge < -0.3 is 20.1 Å². The molecule has 4 nitrogen and oxygen atoms in total. The Morgan fingerprint density at radius 3 is 2.43 bits per heavy atom. The summed E-state index contributed by atoms with van der Waals surface area (Å²) in [6.45, 7) is 1.44. The Bertz CT molecular complexity index is 202. The minimum absolute atomic E-state index is 0.164. The molecule has 0 bridgehead atoms. The van der Waals surface area contributed by atoms with Crippen LogP contribution in [0.3, 0.4) is 0 Å². The Morgan fingerprint density at radius 1 is 1.29 bits per heavy atom. The molecule has 0 aromatic heterocycles. The molecular formula is C10H20N2O2. The molecule has 0 radical (unpaired) electrons. The van der Waals surface area contributed by atoms with Crippen molar-refractivity contribution in [2.45, 2.75) is 37.1 Å². The van der Waals surface area contributed by atoms with Gasteiger partial charge in [0.1, 0.15) is 0 Å². The molecule has 1 aliphatic heterocycles. The summed E-state index contributed by atoms with van der Waals surface area (Å²) in [5.74, 6) is -0.341. The fourth-order valence-corrected chi connectivity index (χ4v) is 2.58. The Kier molecular flexibility index (Phi) is 2.79. The van der Waals surface area contributed by atoms with Gasteiger partial charge in [0.15, 0.2) is 5.79 Å². The van der Waals surface area contributed by atoms with Crippen LogP contribution in [0.25, 0.3) is 0 Å². The maximum Gasteiger partial charge on any atom is 0.170 e. The van der Waals surface area contributed by atoms with Crippen LogP contribution in [0.5, 0.6) is 0 Å². The van der Waals surface area contributed by atoms with Crippen LogP contribution in [0, 0.1) is 0 Å².